The summed E-state index contributed by atoms with van der Waals surface area (Å²) in [7, 11) is 0. The van der Waals surface area contributed by atoms with Crippen LogP contribution in [0.2, 0.25) is 0 Å². The molecule has 142 valence electrons. The van der Waals surface area contributed by atoms with E-state index in [4.69, 9.17) is 0 Å². The number of benzene rings is 2. The van der Waals surface area contributed by atoms with Crippen LogP contribution >= 0.6 is 0 Å². The Hall–Kier alpha value is -2.38. The van der Waals surface area contributed by atoms with Crippen LogP contribution in [-0.2, 0) is 18.5 Å². The first-order valence-electron chi connectivity index (χ1n) is 9.81. The van der Waals surface area contributed by atoms with Crippen LogP contribution in [0.4, 0.5) is 10.1 Å². The number of nitrogens with zero attached hydrogens (tertiary/aromatic N) is 2. The molecule has 4 heteroatoms. The molecule has 1 fully saturated rings. The summed E-state index contributed by atoms with van der Waals surface area (Å²) in [5, 5.41) is 13.0. The fraction of sp³-hybridized carbons (Fsp3) is 0.435. The van der Waals surface area contributed by atoms with Crippen molar-refractivity contribution in [3.05, 3.63) is 64.7 Å². The van der Waals surface area contributed by atoms with Gasteiger partial charge in [0.1, 0.15) is 6.07 Å². The van der Waals surface area contributed by atoms with Gasteiger partial charge in [-0.3, -0.25) is 0 Å². The lowest BCUT2D eigenvalue weighted by molar-refractivity contribution is 0.227. The Balaban J connectivity index is 1.83. The van der Waals surface area contributed by atoms with Gasteiger partial charge in [-0.15, -0.1) is 0 Å². The smallest absolute Gasteiger partial charge is 0.221 e. The largest absolute Gasteiger partial charge is 0.369 e. The molecule has 1 aliphatic heterocycles. The number of hydrogen-bond acceptors (Lipinski definition) is 3. The van der Waals surface area contributed by atoms with E-state index in [1.165, 1.54) is 5.69 Å². The molecule has 1 saturated heterocycles. The molecule has 2 aromatic carbocycles. The van der Waals surface area contributed by atoms with E-state index in [0.717, 1.165) is 49.3 Å². The molecule has 27 heavy (non-hydrogen) atoms. The van der Waals surface area contributed by atoms with Crippen molar-refractivity contribution in [2.75, 3.05) is 31.1 Å². The van der Waals surface area contributed by atoms with Gasteiger partial charge < -0.3 is 10.2 Å². The van der Waals surface area contributed by atoms with E-state index in [1.807, 2.05) is 49.4 Å². The number of halogens is 1. The SMILES string of the molecule is CCc1cc(C(F)(C#N)CCc2ccccc2C)ccc1N1CCNCC1. The molecule has 1 aliphatic rings. The maximum atomic E-state index is 15.6. The molecule has 1 heterocycles. The van der Waals surface area contributed by atoms with Gasteiger partial charge in [0, 0.05) is 43.9 Å². The molecule has 3 rings (SSSR count). The van der Waals surface area contributed by atoms with Gasteiger partial charge in [-0.1, -0.05) is 37.3 Å². The Morgan fingerprint density at radius 3 is 2.56 bits per heavy atom. The second-order valence-electron chi connectivity index (χ2n) is 7.27. The Morgan fingerprint density at radius 2 is 1.89 bits per heavy atom. The lowest BCUT2D eigenvalue weighted by Crippen LogP contribution is -2.43. The van der Waals surface area contributed by atoms with Crippen molar-refractivity contribution in [1.29, 1.82) is 5.26 Å². The number of anilines is 1. The van der Waals surface area contributed by atoms with Gasteiger partial charge in [-0.2, -0.15) is 5.26 Å². The Morgan fingerprint density at radius 1 is 1.15 bits per heavy atom. The van der Waals surface area contributed by atoms with Gasteiger partial charge in [0.15, 0.2) is 0 Å². The van der Waals surface area contributed by atoms with E-state index in [0.29, 0.717) is 12.0 Å². The maximum Gasteiger partial charge on any atom is 0.221 e. The zero-order valence-corrected chi connectivity index (χ0v) is 16.3. The molecule has 0 aromatic heterocycles. The molecule has 0 radical (unpaired) electrons. The van der Waals surface area contributed by atoms with Crippen molar-refractivity contribution in [1.82, 2.24) is 5.32 Å². The predicted octanol–water partition coefficient (Wildman–Crippen LogP) is 4.29. The van der Waals surface area contributed by atoms with Crippen LogP contribution in [0.5, 0.6) is 0 Å². The van der Waals surface area contributed by atoms with E-state index < -0.39 is 5.67 Å². The number of hydrogen-bond donors (Lipinski definition) is 1. The number of piperazine rings is 1. The zero-order chi connectivity index (χ0) is 19.3. The van der Waals surface area contributed by atoms with Gasteiger partial charge >= 0.3 is 0 Å². The van der Waals surface area contributed by atoms with Crippen molar-refractivity contribution >= 4 is 5.69 Å². The van der Waals surface area contributed by atoms with Crippen LogP contribution in [0.1, 0.15) is 35.6 Å². The van der Waals surface area contributed by atoms with Gasteiger partial charge in [-0.25, -0.2) is 4.39 Å². The summed E-state index contributed by atoms with van der Waals surface area (Å²) >= 11 is 0. The Kier molecular flexibility index (Phi) is 6.13. The summed E-state index contributed by atoms with van der Waals surface area (Å²) < 4.78 is 15.6. The molecular weight excluding hydrogens is 337 g/mol. The highest BCUT2D eigenvalue weighted by molar-refractivity contribution is 5.56. The van der Waals surface area contributed by atoms with Crippen LogP contribution in [-0.4, -0.2) is 26.2 Å². The summed E-state index contributed by atoms with van der Waals surface area (Å²) in [6.07, 6.45) is 1.55. The van der Waals surface area contributed by atoms with Crippen LogP contribution in [0.15, 0.2) is 42.5 Å². The molecule has 0 bridgehead atoms. The zero-order valence-electron chi connectivity index (χ0n) is 16.3. The quantitative estimate of drug-likeness (QED) is 0.830. The minimum Gasteiger partial charge on any atom is -0.369 e. The third-order valence-electron chi connectivity index (χ3n) is 5.55. The molecule has 3 nitrogen and oxygen atoms in total. The summed E-state index contributed by atoms with van der Waals surface area (Å²) in [5.41, 5.74) is 3.04. The minimum absolute atomic E-state index is 0.171. The standard InChI is InChI=1S/C23H28FN3/c1-3-19-16-21(8-9-22(19)27-14-12-26-13-15-27)23(24,17-25)11-10-20-7-5-4-6-18(20)2/h4-9,16,26H,3,10-15H2,1-2H3. The molecule has 2 aromatic rings. The average Bonchev–Trinajstić information content (AvgIpc) is 2.73. The second-order valence-corrected chi connectivity index (χ2v) is 7.27. The van der Waals surface area contributed by atoms with Crippen molar-refractivity contribution in [2.24, 2.45) is 0 Å². The summed E-state index contributed by atoms with van der Waals surface area (Å²) in [4.78, 5) is 2.35. The minimum atomic E-state index is -1.96. The molecule has 0 amide bonds. The van der Waals surface area contributed by atoms with Gasteiger partial charge in [0.25, 0.3) is 0 Å². The molecule has 0 saturated carbocycles. The predicted molar refractivity (Wildman–Crippen MR) is 109 cm³/mol. The van der Waals surface area contributed by atoms with Crippen molar-refractivity contribution in [3.8, 4) is 6.07 Å². The van der Waals surface area contributed by atoms with Crippen LogP contribution in [0.3, 0.4) is 0 Å². The van der Waals surface area contributed by atoms with Crippen LogP contribution in [0.25, 0.3) is 0 Å². The number of nitriles is 1. The highest BCUT2D eigenvalue weighted by Gasteiger charge is 2.32. The van der Waals surface area contributed by atoms with Crippen molar-refractivity contribution < 1.29 is 4.39 Å². The Bertz CT molecular complexity index is 821. The fourth-order valence-electron chi connectivity index (χ4n) is 3.79. The topological polar surface area (TPSA) is 39.1 Å². The highest BCUT2D eigenvalue weighted by atomic mass is 19.1. The summed E-state index contributed by atoms with van der Waals surface area (Å²) in [6.45, 7) is 7.96. The lowest BCUT2D eigenvalue weighted by Gasteiger charge is -2.32. The van der Waals surface area contributed by atoms with Crippen molar-refractivity contribution in [2.45, 2.75) is 38.8 Å². The van der Waals surface area contributed by atoms with E-state index in [-0.39, 0.29) is 6.42 Å². The fourth-order valence-corrected chi connectivity index (χ4v) is 3.79. The third-order valence-corrected chi connectivity index (χ3v) is 5.55. The Labute approximate surface area is 161 Å². The van der Waals surface area contributed by atoms with Gasteiger partial charge in [0.2, 0.25) is 5.67 Å². The van der Waals surface area contributed by atoms with Crippen LogP contribution < -0.4 is 10.2 Å². The lowest BCUT2D eigenvalue weighted by atomic mass is 9.88. The van der Waals surface area contributed by atoms with E-state index in [1.54, 1.807) is 6.07 Å². The molecular formula is C23H28FN3. The monoisotopic (exact) mass is 365 g/mol. The number of nitrogens with one attached hydrogen (secondary N) is 1. The number of aryl methyl sites for hydroxylation is 3. The molecule has 1 atom stereocenters. The number of alkyl halides is 1. The normalized spacial score (nSPS) is 16.6. The molecule has 1 unspecified atom stereocenters. The van der Waals surface area contributed by atoms with Crippen molar-refractivity contribution in [3.63, 3.8) is 0 Å². The van der Waals surface area contributed by atoms with E-state index in [9.17, 15) is 5.26 Å². The highest BCUT2D eigenvalue weighted by Crippen LogP contribution is 2.34. The van der Waals surface area contributed by atoms with Gasteiger partial charge in [-0.05, 0) is 48.6 Å². The van der Waals surface area contributed by atoms with Gasteiger partial charge in [0.05, 0.1) is 0 Å². The number of rotatable bonds is 6. The van der Waals surface area contributed by atoms with Crippen LogP contribution in [0, 0.1) is 18.3 Å². The third kappa shape index (κ3) is 4.31. The first-order chi connectivity index (χ1) is 13.1. The molecule has 0 spiro atoms. The van der Waals surface area contributed by atoms with E-state index >= 15 is 4.39 Å². The average molecular weight is 365 g/mol. The first kappa shape index (κ1) is 19.4. The molecule has 0 aliphatic carbocycles. The second kappa shape index (κ2) is 8.54. The summed E-state index contributed by atoms with van der Waals surface area (Å²) in [5.74, 6) is 0. The maximum absolute atomic E-state index is 15.6. The van der Waals surface area contributed by atoms with E-state index in [2.05, 4.69) is 17.1 Å². The molecule has 1 N–H and O–H groups in total. The summed E-state index contributed by atoms with van der Waals surface area (Å²) in [6, 6.07) is 15.6. The first-order valence-corrected chi connectivity index (χ1v) is 9.81.